The number of ether oxygens (including phenoxy) is 1. The van der Waals surface area contributed by atoms with Crippen LogP contribution in [0.1, 0.15) is 12.5 Å². The lowest BCUT2D eigenvalue weighted by molar-refractivity contribution is -0.116. The van der Waals surface area contributed by atoms with Gasteiger partial charge in [0.15, 0.2) is 0 Å². The Morgan fingerprint density at radius 3 is 2.36 bits per heavy atom. The summed E-state index contributed by atoms with van der Waals surface area (Å²) in [5.41, 5.74) is 0.991. The summed E-state index contributed by atoms with van der Waals surface area (Å²) in [5, 5.41) is 3.20. The Kier molecular flexibility index (Phi) is 7.59. The molecule has 0 saturated carbocycles. The van der Waals surface area contributed by atoms with Crippen LogP contribution in [0.4, 0.5) is 5.69 Å². The fourth-order valence-corrected chi connectivity index (χ4v) is 4.70. The number of methoxy groups -OCH3 is 1. The Balaban J connectivity index is 2.27. The molecule has 0 atom stereocenters. The lowest BCUT2D eigenvalue weighted by Gasteiger charge is -2.21. The maximum Gasteiger partial charge on any atom is 0.247 e. The molecule has 10 heteroatoms. The number of nitrogens with one attached hydrogen (secondary N) is 1. The van der Waals surface area contributed by atoms with E-state index >= 15 is 0 Å². The van der Waals surface area contributed by atoms with Gasteiger partial charge in [0.2, 0.25) is 15.9 Å². The molecule has 6 nitrogen and oxygen atoms in total. The first-order valence-corrected chi connectivity index (χ1v) is 10.8. The van der Waals surface area contributed by atoms with E-state index in [1.54, 1.807) is 26.0 Å². The van der Waals surface area contributed by atoms with Crippen LogP contribution >= 0.6 is 34.8 Å². The third-order valence-corrected chi connectivity index (χ3v) is 6.87. The third-order valence-electron chi connectivity index (χ3n) is 3.89. The highest BCUT2D eigenvalue weighted by atomic mass is 35.5. The van der Waals surface area contributed by atoms with Crippen molar-refractivity contribution in [3.05, 3.63) is 51.0 Å². The van der Waals surface area contributed by atoms with Crippen LogP contribution in [0.25, 0.3) is 0 Å². The minimum Gasteiger partial charge on any atom is -0.495 e. The van der Waals surface area contributed by atoms with Crippen molar-refractivity contribution < 1.29 is 17.9 Å². The van der Waals surface area contributed by atoms with E-state index in [9.17, 15) is 13.2 Å². The third kappa shape index (κ3) is 5.10. The van der Waals surface area contributed by atoms with Gasteiger partial charge in [0.05, 0.1) is 34.4 Å². The maximum atomic E-state index is 13.1. The molecule has 0 aromatic heterocycles. The molecule has 0 fully saturated rings. The second-order valence-corrected chi connectivity index (χ2v) is 9.01. The van der Waals surface area contributed by atoms with Gasteiger partial charge in [-0.3, -0.25) is 4.79 Å². The van der Waals surface area contributed by atoms with Crippen LogP contribution in [0.2, 0.25) is 15.1 Å². The Hall–Kier alpha value is -1.51. The first kappa shape index (κ1) is 22.8. The first-order valence-electron chi connectivity index (χ1n) is 8.19. The number of halogens is 3. The van der Waals surface area contributed by atoms with E-state index in [4.69, 9.17) is 39.5 Å². The van der Waals surface area contributed by atoms with E-state index in [1.165, 1.54) is 25.3 Å². The van der Waals surface area contributed by atoms with Crippen molar-refractivity contribution in [2.45, 2.75) is 18.7 Å². The molecule has 0 aliphatic heterocycles. The molecule has 0 aliphatic rings. The molecule has 1 N–H and O–H groups in total. The van der Waals surface area contributed by atoms with E-state index in [0.29, 0.717) is 0 Å². The van der Waals surface area contributed by atoms with Gasteiger partial charge in [-0.05, 0) is 36.8 Å². The number of hydrogen-bond acceptors (Lipinski definition) is 4. The number of anilines is 1. The number of nitrogens with zero attached hydrogens (tertiary/aromatic N) is 1. The summed E-state index contributed by atoms with van der Waals surface area (Å²) in [4.78, 5) is 12.4. The largest absolute Gasteiger partial charge is 0.495 e. The fraction of sp³-hybridized carbons (Fsp3) is 0.278. The Morgan fingerprint density at radius 1 is 1.11 bits per heavy atom. The number of sulfonamides is 1. The zero-order valence-electron chi connectivity index (χ0n) is 15.4. The van der Waals surface area contributed by atoms with Gasteiger partial charge in [-0.1, -0.05) is 47.8 Å². The van der Waals surface area contributed by atoms with Gasteiger partial charge in [0, 0.05) is 6.54 Å². The Labute approximate surface area is 179 Å². The number of benzene rings is 2. The van der Waals surface area contributed by atoms with Gasteiger partial charge < -0.3 is 10.1 Å². The molecule has 2 aromatic carbocycles. The average molecular weight is 466 g/mol. The van der Waals surface area contributed by atoms with E-state index in [1.807, 2.05) is 0 Å². The molecule has 1 amide bonds. The number of likely N-dealkylation sites (N-methyl/N-ethyl adjacent to an activating group) is 1. The minimum atomic E-state index is -3.96. The number of rotatable bonds is 7. The number of hydrogen-bond donors (Lipinski definition) is 1. The van der Waals surface area contributed by atoms with Gasteiger partial charge in [-0.15, -0.1) is 0 Å². The monoisotopic (exact) mass is 464 g/mol. The standard InChI is InChI=1S/C18H19Cl3N2O4S/c1-4-23(28(25,26)17-7-11(2)5-6-16(17)27-3)10-18(24)22-15-9-13(20)12(19)8-14(15)21/h5-9H,4,10H2,1-3H3,(H,22,24). The number of aryl methyl sites for hydroxylation is 1. The zero-order valence-corrected chi connectivity index (χ0v) is 18.5. The van der Waals surface area contributed by atoms with E-state index in [2.05, 4.69) is 5.32 Å². The van der Waals surface area contributed by atoms with E-state index in [0.717, 1.165) is 9.87 Å². The molecule has 0 spiro atoms. The van der Waals surface area contributed by atoms with Crippen molar-refractivity contribution in [1.29, 1.82) is 0 Å². The average Bonchev–Trinajstić information content (AvgIpc) is 2.64. The smallest absolute Gasteiger partial charge is 0.247 e. The molecule has 0 heterocycles. The molecule has 2 aromatic rings. The van der Waals surface area contributed by atoms with Crippen LogP contribution in [0.5, 0.6) is 5.75 Å². The van der Waals surface area contributed by atoms with Gasteiger partial charge >= 0.3 is 0 Å². The number of amides is 1. The highest BCUT2D eigenvalue weighted by molar-refractivity contribution is 7.89. The molecule has 28 heavy (non-hydrogen) atoms. The van der Waals surface area contributed by atoms with Gasteiger partial charge in [-0.25, -0.2) is 8.42 Å². The highest BCUT2D eigenvalue weighted by Gasteiger charge is 2.28. The van der Waals surface area contributed by atoms with Gasteiger partial charge in [0.25, 0.3) is 0 Å². The SMILES string of the molecule is CCN(CC(=O)Nc1cc(Cl)c(Cl)cc1Cl)S(=O)(=O)c1cc(C)ccc1OC. The minimum absolute atomic E-state index is 0.00257. The van der Waals surface area contributed by atoms with Gasteiger partial charge in [-0.2, -0.15) is 4.31 Å². The van der Waals surface area contributed by atoms with Crippen LogP contribution in [-0.4, -0.2) is 38.8 Å². The molecule has 0 aliphatic carbocycles. The number of carbonyl (C=O) groups excluding carboxylic acids is 1. The van der Waals surface area contributed by atoms with Crippen molar-refractivity contribution in [1.82, 2.24) is 4.31 Å². The van der Waals surface area contributed by atoms with Crippen molar-refractivity contribution in [2.75, 3.05) is 25.5 Å². The summed E-state index contributed by atoms with van der Waals surface area (Å²) in [6.07, 6.45) is 0. The second kappa shape index (κ2) is 9.33. The summed E-state index contributed by atoms with van der Waals surface area (Å²) < 4.78 is 32.3. The summed E-state index contributed by atoms with van der Waals surface area (Å²) in [6.45, 7) is 3.08. The van der Waals surface area contributed by atoms with Crippen LogP contribution in [0.15, 0.2) is 35.2 Å². The normalized spacial score (nSPS) is 11.5. The summed E-state index contributed by atoms with van der Waals surface area (Å²) in [5.74, 6) is -0.366. The zero-order chi connectivity index (χ0) is 21.1. The van der Waals surface area contributed by atoms with Crippen LogP contribution < -0.4 is 10.1 Å². The van der Waals surface area contributed by atoms with Crippen LogP contribution in [0, 0.1) is 6.92 Å². The van der Waals surface area contributed by atoms with Crippen LogP contribution in [0.3, 0.4) is 0 Å². The summed E-state index contributed by atoms with van der Waals surface area (Å²) >= 11 is 17.9. The predicted octanol–water partition coefficient (Wildman–Crippen LogP) is 4.61. The molecule has 0 radical (unpaired) electrons. The topological polar surface area (TPSA) is 75.7 Å². The quantitative estimate of drug-likeness (QED) is 0.606. The molecule has 152 valence electrons. The summed E-state index contributed by atoms with van der Waals surface area (Å²) in [7, 11) is -2.57. The second-order valence-electron chi connectivity index (χ2n) is 5.88. The first-order chi connectivity index (χ1) is 13.1. The predicted molar refractivity (Wildman–Crippen MR) is 112 cm³/mol. The molecule has 2 rings (SSSR count). The molecular formula is C18H19Cl3N2O4S. The molecule has 0 saturated heterocycles. The lowest BCUT2D eigenvalue weighted by Crippen LogP contribution is -2.38. The van der Waals surface area contributed by atoms with Gasteiger partial charge in [0.1, 0.15) is 10.6 Å². The molecular weight excluding hydrogens is 447 g/mol. The van der Waals surface area contributed by atoms with Crippen molar-refractivity contribution >= 4 is 56.4 Å². The van der Waals surface area contributed by atoms with Crippen molar-refractivity contribution in [3.63, 3.8) is 0 Å². The molecule has 0 unspecified atom stereocenters. The molecule has 0 bridgehead atoms. The highest BCUT2D eigenvalue weighted by Crippen LogP contribution is 2.32. The maximum absolute atomic E-state index is 13.1. The Morgan fingerprint density at radius 2 is 1.75 bits per heavy atom. The van der Waals surface area contributed by atoms with Crippen molar-refractivity contribution in [3.8, 4) is 5.75 Å². The van der Waals surface area contributed by atoms with Crippen LogP contribution in [-0.2, 0) is 14.8 Å². The fourth-order valence-electron chi connectivity index (χ4n) is 2.46. The Bertz CT molecular complexity index is 997. The summed E-state index contributed by atoms with van der Waals surface area (Å²) in [6, 6.07) is 7.62. The number of carbonyl (C=O) groups is 1. The van der Waals surface area contributed by atoms with E-state index in [-0.39, 0.29) is 37.9 Å². The van der Waals surface area contributed by atoms with E-state index < -0.39 is 22.5 Å². The lowest BCUT2D eigenvalue weighted by atomic mass is 10.2. The van der Waals surface area contributed by atoms with Crippen molar-refractivity contribution in [2.24, 2.45) is 0 Å².